The third-order valence-corrected chi connectivity index (χ3v) is 4.30. The smallest absolute Gasteiger partial charge is 0.269 e. The second-order valence-corrected chi connectivity index (χ2v) is 5.67. The second-order valence-electron chi connectivity index (χ2n) is 5.67. The van der Waals surface area contributed by atoms with Crippen molar-refractivity contribution in [2.24, 2.45) is 5.92 Å². The Kier molecular flexibility index (Phi) is 5.53. The number of hydrogen-bond donors (Lipinski definition) is 1. The molecule has 1 aromatic rings. The van der Waals surface area contributed by atoms with Crippen LogP contribution in [0.1, 0.15) is 44.6 Å². The fraction of sp³-hybridized carbons (Fsp3) is 0.625. The molecule has 0 saturated heterocycles. The standard InChI is InChI=1S/C16H24N2O2/c1-2-17-16(14-7-3-4-8-14)11-10-13-6-5-9-15(12-13)18(19)20/h5-6,9,12,14,16-17H,2-4,7-8,10-11H2,1H3. The van der Waals surface area contributed by atoms with Gasteiger partial charge in [0.05, 0.1) is 4.92 Å². The zero-order valence-corrected chi connectivity index (χ0v) is 12.2. The van der Waals surface area contributed by atoms with Crippen LogP contribution in [0.2, 0.25) is 0 Å². The van der Waals surface area contributed by atoms with Crippen LogP contribution in [0.25, 0.3) is 0 Å². The summed E-state index contributed by atoms with van der Waals surface area (Å²) in [6.45, 7) is 3.14. The lowest BCUT2D eigenvalue weighted by Crippen LogP contribution is -2.35. The van der Waals surface area contributed by atoms with Gasteiger partial charge in [-0.25, -0.2) is 0 Å². The highest BCUT2D eigenvalue weighted by Crippen LogP contribution is 2.29. The topological polar surface area (TPSA) is 55.2 Å². The van der Waals surface area contributed by atoms with Crippen LogP contribution < -0.4 is 5.32 Å². The van der Waals surface area contributed by atoms with Gasteiger partial charge in [-0.1, -0.05) is 31.9 Å². The van der Waals surface area contributed by atoms with Gasteiger partial charge in [0.1, 0.15) is 0 Å². The minimum Gasteiger partial charge on any atom is -0.314 e. The number of aryl methyl sites for hydroxylation is 1. The van der Waals surface area contributed by atoms with Gasteiger partial charge in [0.25, 0.3) is 5.69 Å². The molecule has 4 heteroatoms. The number of nitrogens with one attached hydrogen (secondary N) is 1. The van der Waals surface area contributed by atoms with Crippen LogP contribution in [0, 0.1) is 16.0 Å². The first kappa shape index (κ1) is 15.0. The summed E-state index contributed by atoms with van der Waals surface area (Å²) in [5, 5.41) is 14.4. The number of nitro benzene ring substituents is 1. The highest BCUT2D eigenvalue weighted by Gasteiger charge is 2.24. The summed E-state index contributed by atoms with van der Waals surface area (Å²) < 4.78 is 0. The third-order valence-electron chi connectivity index (χ3n) is 4.30. The van der Waals surface area contributed by atoms with E-state index in [1.165, 1.54) is 25.7 Å². The molecule has 1 saturated carbocycles. The van der Waals surface area contributed by atoms with E-state index in [1.54, 1.807) is 18.2 Å². The van der Waals surface area contributed by atoms with Gasteiger partial charge in [0.15, 0.2) is 0 Å². The minimum atomic E-state index is -0.317. The van der Waals surface area contributed by atoms with E-state index in [9.17, 15) is 10.1 Å². The van der Waals surface area contributed by atoms with Gasteiger partial charge in [0, 0.05) is 18.2 Å². The van der Waals surface area contributed by atoms with Crippen LogP contribution in [0.4, 0.5) is 5.69 Å². The van der Waals surface area contributed by atoms with E-state index in [2.05, 4.69) is 12.2 Å². The Morgan fingerprint density at radius 2 is 2.15 bits per heavy atom. The van der Waals surface area contributed by atoms with E-state index in [-0.39, 0.29) is 10.6 Å². The van der Waals surface area contributed by atoms with Gasteiger partial charge < -0.3 is 5.32 Å². The first-order valence-corrected chi connectivity index (χ1v) is 7.67. The van der Waals surface area contributed by atoms with Crippen LogP contribution in [-0.2, 0) is 6.42 Å². The fourth-order valence-corrected chi connectivity index (χ4v) is 3.27. The van der Waals surface area contributed by atoms with E-state index in [1.807, 2.05) is 6.07 Å². The molecule has 1 unspecified atom stereocenters. The molecule has 4 nitrogen and oxygen atoms in total. The Bertz CT molecular complexity index is 442. The van der Waals surface area contributed by atoms with Gasteiger partial charge >= 0.3 is 0 Å². The molecule has 110 valence electrons. The number of nitrogens with zero attached hydrogens (tertiary/aromatic N) is 1. The molecule has 0 aromatic heterocycles. The molecule has 1 aliphatic rings. The molecule has 0 bridgehead atoms. The summed E-state index contributed by atoms with van der Waals surface area (Å²) >= 11 is 0. The van der Waals surface area contributed by atoms with Crippen molar-refractivity contribution in [1.82, 2.24) is 5.32 Å². The SMILES string of the molecule is CCNC(CCc1cccc([N+](=O)[O-])c1)C1CCCC1. The first-order chi connectivity index (χ1) is 9.70. The maximum Gasteiger partial charge on any atom is 0.269 e. The molecule has 1 atom stereocenters. The van der Waals surface area contributed by atoms with Crippen LogP contribution >= 0.6 is 0 Å². The molecule has 1 fully saturated rings. The second kappa shape index (κ2) is 7.39. The highest BCUT2D eigenvalue weighted by atomic mass is 16.6. The van der Waals surface area contributed by atoms with Crippen molar-refractivity contribution in [2.45, 2.75) is 51.5 Å². The molecule has 1 aliphatic carbocycles. The summed E-state index contributed by atoms with van der Waals surface area (Å²) in [5.74, 6) is 0.786. The molecular weight excluding hydrogens is 252 g/mol. The lowest BCUT2D eigenvalue weighted by molar-refractivity contribution is -0.384. The Hall–Kier alpha value is -1.42. The van der Waals surface area contributed by atoms with E-state index in [4.69, 9.17) is 0 Å². The maximum absolute atomic E-state index is 10.8. The Balaban J connectivity index is 1.94. The molecule has 20 heavy (non-hydrogen) atoms. The van der Waals surface area contributed by atoms with Crippen LogP contribution in [-0.4, -0.2) is 17.5 Å². The summed E-state index contributed by atoms with van der Waals surface area (Å²) in [7, 11) is 0. The minimum absolute atomic E-state index is 0.198. The lowest BCUT2D eigenvalue weighted by Gasteiger charge is -2.24. The molecule has 0 amide bonds. The van der Waals surface area contributed by atoms with Crippen molar-refractivity contribution in [3.8, 4) is 0 Å². The van der Waals surface area contributed by atoms with Crippen molar-refractivity contribution < 1.29 is 4.92 Å². The Morgan fingerprint density at radius 3 is 2.80 bits per heavy atom. The maximum atomic E-state index is 10.8. The molecule has 1 aromatic carbocycles. The fourth-order valence-electron chi connectivity index (χ4n) is 3.27. The summed E-state index contributed by atoms with van der Waals surface area (Å²) in [5.41, 5.74) is 1.27. The molecule has 0 aliphatic heterocycles. The summed E-state index contributed by atoms with van der Waals surface area (Å²) in [6.07, 6.45) is 7.33. The molecule has 2 rings (SSSR count). The van der Waals surface area contributed by atoms with E-state index in [0.29, 0.717) is 6.04 Å². The molecular formula is C16H24N2O2. The third kappa shape index (κ3) is 4.04. The quantitative estimate of drug-likeness (QED) is 0.610. The summed E-state index contributed by atoms with van der Waals surface area (Å²) in [6, 6.07) is 7.59. The number of hydrogen-bond acceptors (Lipinski definition) is 3. The van der Waals surface area contributed by atoms with Gasteiger partial charge in [-0.05, 0) is 43.7 Å². The van der Waals surface area contributed by atoms with Gasteiger partial charge in [-0.15, -0.1) is 0 Å². The molecule has 0 spiro atoms. The van der Waals surface area contributed by atoms with E-state index in [0.717, 1.165) is 30.9 Å². The number of non-ortho nitro benzene ring substituents is 1. The lowest BCUT2D eigenvalue weighted by atomic mass is 9.92. The van der Waals surface area contributed by atoms with Crippen molar-refractivity contribution >= 4 is 5.69 Å². The van der Waals surface area contributed by atoms with Gasteiger partial charge in [-0.2, -0.15) is 0 Å². The first-order valence-electron chi connectivity index (χ1n) is 7.67. The van der Waals surface area contributed by atoms with Crippen LogP contribution in [0.5, 0.6) is 0 Å². The number of nitro groups is 1. The summed E-state index contributed by atoms with van der Waals surface area (Å²) in [4.78, 5) is 10.5. The molecule has 1 N–H and O–H groups in total. The molecule has 0 heterocycles. The van der Waals surface area contributed by atoms with Crippen LogP contribution in [0.3, 0.4) is 0 Å². The number of benzene rings is 1. The van der Waals surface area contributed by atoms with E-state index >= 15 is 0 Å². The van der Waals surface area contributed by atoms with E-state index < -0.39 is 0 Å². The van der Waals surface area contributed by atoms with Crippen molar-refractivity contribution in [1.29, 1.82) is 0 Å². The van der Waals surface area contributed by atoms with Crippen molar-refractivity contribution in [2.75, 3.05) is 6.54 Å². The number of rotatable bonds is 7. The van der Waals surface area contributed by atoms with Crippen molar-refractivity contribution in [3.63, 3.8) is 0 Å². The Labute approximate surface area is 120 Å². The van der Waals surface area contributed by atoms with Gasteiger partial charge in [0.2, 0.25) is 0 Å². The van der Waals surface area contributed by atoms with Crippen molar-refractivity contribution in [3.05, 3.63) is 39.9 Å². The predicted molar refractivity (Wildman–Crippen MR) is 80.8 cm³/mol. The average Bonchev–Trinajstić information content (AvgIpc) is 2.97. The zero-order chi connectivity index (χ0) is 14.4. The largest absolute Gasteiger partial charge is 0.314 e. The Morgan fingerprint density at radius 1 is 1.40 bits per heavy atom. The average molecular weight is 276 g/mol. The highest BCUT2D eigenvalue weighted by molar-refractivity contribution is 5.34. The molecule has 0 radical (unpaired) electrons. The predicted octanol–water partition coefficient (Wildman–Crippen LogP) is 3.70. The normalized spacial score (nSPS) is 17.2. The zero-order valence-electron chi connectivity index (χ0n) is 12.2. The van der Waals surface area contributed by atoms with Gasteiger partial charge in [-0.3, -0.25) is 10.1 Å². The monoisotopic (exact) mass is 276 g/mol. The van der Waals surface area contributed by atoms with Crippen LogP contribution in [0.15, 0.2) is 24.3 Å².